The van der Waals surface area contributed by atoms with Crippen molar-refractivity contribution in [3.8, 4) is 5.75 Å². The minimum atomic E-state index is -3.74. The van der Waals surface area contributed by atoms with Crippen molar-refractivity contribution in [3.63, 3.8) is 0 Å². The molecule has 1 amide bonds. The Labute approximate surface area is 174 Å². The highest BCUT2D eigenvalue weighted by molar-refractivity contribution is 7.92. The van der Waals surface area contributed by atoms with E-state index in [0.717, 1.165) is 10.6 Å². The highest BCUT2D eigenvalue weighted by Crippen LogP contribution is 2.27. The van der Waals surface area contributed by atoms with Crippen LogP contribution in [-0.4, -0.2) is 46.8 Å². The van der Waals surface area contributed by atoms with Gasteiger partial charge in [0.1, 0.15) is 12.3 Å². The molecule has 0 aliphatic carbocycles. The van der Waals surface area contributed by atoms with Crippen molar-refractivity contribution in [3.05, 3.63) is 53.1 Å². The maximum absolute atomic E-state index is 12.2. The van der Waals surface area contributed by atoms with Crippen LogP contribution in [0.5, 0.6) is 5.75 Å². The van der Waals surface area contributed by atoms with Crippen LogP contribution in [0.25, 0.3) is 0 Å². The number of aryl methyl sites for hydroxylation is 1. The van der Waals surface area contributed by atoms with Crippen molar-refractivity contribution < 1.29 is 27.5 Å². The van der Waals surface area contributed by atoms with Gasteiger partial charge in [-0.1, -0.05) is 29.8 Å². The molecule has 10 heteroatoms. The standard InChI is InChI=1S/C19H21ClN2O6S/c1-13-6-4-5-7-16(13)22(29(3,25)26)11-19(24)28-12-18(23)21-15-10-14(20)8-9-17(15)27-2/h4-10H,11-12H2,1-3H3,(H,21,23). The van der Waals surface area contributed by atoms with Crippen LogP contribution >= 0.6 is 11.6 Å². The van der Waals surface area contributed by atoms with Gasteiger partial charge < -0.3 is 14.8 Å². The molecule has 0 radical (unpaired) electrons. The molecule has 0 aliphatic rings. The van der Waals surface area contributed by atoms with Gasteiger partial charge in [-0.3, -0.25) is 13.9 Å². The van der Waals surface area contributed by atoms with Crippen molar-refractivity contribution in [2.45, 2.75) is 6.92 Å². The number of amides is 1. The van der Waals surface area contributed by atoms with Crippen LogP contribution in [0.15, 0.2) is 42.5 Å². The summed E-state index contributed by atoms with van der Waals surface area (Å²) in [4.78, 5) is 24.2. The second kappa shape index (κ2) is 9.62. The van der Waals surface area contributed by atoms with E-state index in [-0.39, 0.29) is 0 Å². The predicted molar refractivity (Wildman–Crippen MR) is 111 cm³/mol. The van der Waals surface area contributed by atoms with Crippen LogP contribution in [-0.2, 0) is 24.3 Å². The summed E-state index contributed by atoms with van der Waals surface area (Å²) < 4.78 is 35.2. The number of para-hydroxylation sites is 1. The van der Waals surface area contributed by atoms with E-state index >= 15 is 0 Å². The molecule has 8 nitrogen and oxygen atoms in total. The van der Waals surface area contributed by atoms with E-state index in [1.165, 1.54) is 13.2 Å². The number of methoxy groups -OCH3 is 1. The summed E-state index contributed by atoms with van der Waals surface area (Å²) in [6, 6.07) is 11.4. The number of nitrogens with zero attached hydrogens (tertiary/aromatic N) is 1. The lowest BCUT2D eigenvalue weighted by Crippen LogP contribution is -2.37. The van der Waals surface area contributed by atoms with E-state index in [1.54, 1.807) is 43.3 Å². The summed E-state index contributed by atoms with van der Waals surface area (Å²) in [5.74, 6) is -1.11. The Morgan fingerprint density at radius 1 is 1.17 bits per heavy atom. The molecule has 0 atom stereocenters. The molecule has 0 saturated carbocycles. The quantitative estimate of drug-likeness (QED) is 0.633. The van der Waals surface area contributed by atoms with E-state index in [4.69, 9.17) is 21.1 Å². The normalized spacial score (nSPS) is 10.9. The molecule has 0 unspecified atom stereocenters. The van der Waals surface area contributed by atoms with Crippen LogP contribution in [0.3, 0.4) is 0 Å². The Balaban J connectivity index is 2.02. The number of carbonyl (C=O) groups excluding carboxylic acids is 2. The number of anilines is 2. The molecular formula is C19H21ClN2O6S. The van der Waals surface area contributed by atoms with Crippen LogP contribution < -0.4 is 14.4 Å². The maximum atomic E-state index is 12.2. The van der Waals surface area contributed by atoms with Crippen LogP contribution in [0, 0.1) is 6.92 Å². The summed E-state index contributed by atoms with van der Waals surface area (Å²) in [7, 11) is -2.30. The number of benzene rings is 2. The molecule has 0 spiro atoms. The zero-order chi connectivity index (χ0) is 21.6. The lowest BCUT2D eigenvalue weighted by molar-refractivity contribution is -0.145. The number of halogens is 1. The molecule has 2 rings (SSSR count). The molecule has 2 aromatic carbocycles. The van der Waals surface area contributed by atoms with Crippen molar-refractivity contribution >= 4 is 44.9 Å². The Morgan fingerprint density at radius 2 is 1.86 bits per heavy atom. The molecule has 0 bridgehead atoms. The SMILES string of the molecule is COc1ccc(Cl)cc1NC(=O)COC(=O)CN(c1ccccc1C)S(C)(=O)=O. The lowest BCUT2D eigenvalue weighted by atomic mass is 10.2. The number of hydrogen-bond donors (Lipinski definition) is 1. The summed E-state index contributed by atoms with van der Waals surface area (Å²) in [5, 5.41) is 2.91. The molecular weight excluding hydrogens is 420 g/mol. The second-order valence-electron chi connectivity index (χ2n) is 6.11. The number of ether oxygens (including phenoxy) is 2. The number of sulfonamides is 1. The summed E-state index contributed by atoms with van der Waals surface area (Å²) >= 11 is 5.90. The second-order valence-corrected chi connectivity index (χ2v) is 8.45. The number of esters is 1. The van der Waals surface area contributed by atoms with Crippen LogP contribution in [0.4, 0.5) is 11.4 Å². The largest absolute Gasteiger partial charge is 0.495 e. The fraction of sp³-hybridized carbons (Fsp3) is 0.263. The van der Waals surface area contributed by atoms with Gasteiger partial charge in [0, 0.05) is 5.02 Å². The highest BCUT2D eigenvalue weighted by atomic mass is 35.5. The topological polar surface area (TPSA) is 102 Å². The first-order chi connectivity index (χ1) is 13.6. The van der Waals surface area contributed by atoms with E-state index in [0.29, 0.717) is 27.7 Å². The van der Waals surface area contributed by atoms with Gasteiger partial charge in [0.15, 0.2) is 6.61 Å². The van der Waals surface area contributed by atoms with E-state index in [1.807, 2.05) is 0 Å². The van der Waals surface area contributed by atoms with E-state index in [9.17, 15) is 18.0 Å². The average Bonchev–Trinajstić information content (AvgIpc) is 2.64. The zero-order valence-electron chi connectivity index (χ0n) is 16.1. The Morgan fingerprint density at radius 3 is 2.48 bits per heavy atom. The van der Waals surface area contributed by atoms with Gasteiger partial charge in [0.05, 0.1) is 24.7 Å². The Bertz CT molecular complexity index is 1010. The molecule has 0 fully saturated rings. The molecule has 29 heavy (non-hydrogen) atoms. The summed E-state index contributed by atoms with van der Waals surface area (Å²) in [6.07, 6.45) is 0.991. The highest BCUT2D eigenvalue weighted by Gasteiger charge is 2.23. The summed E-state index contributed by atoms with van der Waals surface area (Å²) in [5.41, 5.74) is 1.36. The fourth-order valence-corrected chi connectivity index (χ4v) is 3.57. The van der Waals surface area contributed by atoms with Gasteiger partial charge in [-0.05, 0) is 36.8 Å². The number of rotatable bonds is 8. The first kappa shape index (κ1) is 22.5. The molecule has 156 valence electrons. The van der Waals surface area contributed by atoms with E-state index in [2.05, 4.69) is 5.32 Å². The third-order valence-corrected chi connectivity index (χ3v) is 5.22. The van der Waals surface area contributed by atoms with E-state index < -0.39 is 35.1 Å². The van der Waals surface area contributed by atoms with Crippen molar-refractivity contribution in [2.24, 2.45) is 0 Å². The predicted octanol–water partition coefficient (Wildman–Crippen LogP) is 2.60. The Kier molecular flexibility index (Phi) is 7.46. The molecule has 0 heterocycles. The minimum absolute atomic E-state index is 0.318. The first-order valence-corrected chi connectivity index (χ1v) is 10.7. The molecule has 1 N–H and O–H groups in total. The third-order valence-electron chi connectivity index (χ3n) is 3.86. The first-order valence-electron chi connectivity index (χ1n) is 8.44. The Hall–Kier alpha value is -2.78. The van der Waals surface area contributed by atoms with Crippen molar-refractivity contribution in [1.29, 1.82) is 0 Å². The van der Waals surface area contributed by atoms with Crippen LogP contribution in [0.2, 0.25) is 5.02 Å². The third kappa shape index (κ3) is 6.37. The molecule has 0 aliphatic heterocycles. The van der Waals surface area contributed by atoms with Crippen molar-refractivity contribution in [2.75, 3.05) is 36.1 Å². The van der Waals surface area contributed by atoms with Gasteiger partial charge >= 0.3 is 5.97 Å². The number of hydrogen-bond acceptors (Lipinski definition) is 6. The van der Waals surface area contributed by atoms with Gasteiger partial charge in [-0.2, -0.15) is 0 Å². The zero-order valence-corrected chi connectivity index (χ0v) is 17.7. The number of carbonyl (C=O) groups is 2. The molecule has 2 aromatic rings. The van der Waals surface area contributed by atoms with Gasteiger partial charge in [0.2, 0.25) is 10.0 Å². The monoisotopic (exact) mass is 440 g/mol. The summed E-state index contributed by atoms with van der Waals surface area (Å²) in [6.45, 7) is 0.571. The molecule has 0 aromatic heterocycles. The van der Waals surface area contributed by atoms with Crippen molar-refractivity contribution in [1.82, 2.24) is 0 Å². The van der Waals surface area contributed by atoms with Gasteiger partial charge in [-0.15, -0.1) is 0 Å². The van der Waals surface area contributed by atoms with Crippen LogP contribution in [0.1, 0.15) is 5.56 Å². The average molecular weight is 441 g/mol. The minimum Gasteiger partial charge on any atom is -0.495 e. The fourth-order valence-electron chi connectivity index (χ4n) is 2.50. The molecule has 0 saturated heterocycles. The maximum Gasteiger partial charge on any atom is 0.327 e. The lowest BCUT2D eigenvalue weighted by Gasteiger charge is -2.23. The number of nitrogens with one attached hydrogen (secondary N) is 1. The van der Waals surface area contributed by atoms with Gasteiger partial charge in [-0.25, -0.2) is 8.42 Å². The van der Waals surface area contributed by atoms with Gasteiger partial charge in [0.25, 0.3) is 5.91 Å². The smallest absolute Gasteiger partial charge is 0.327 e.